The summed E-state index contributed by atoms with van der Waals surface area (Å²) >= 11 is 0. The van der Waals surface area contributed by atoms with E-state index < -0.39 is 0 Å². The van der Waals surface area contributed by atoms with Crippen LogP contribution < -0.4 is 0 Å². The largest absolute Gasteiger partial charge is 0.289 e. The van der Waals surface area contributed by atoms with Crippen molar-refractivity contribution in [2.45, 2.75) is 20.3 Å². The number of rotatable bonds is 5. The van der Waals surface area contributed by atoms with Crippen LogP contribution in [0.3, 0.4) is 0 Å². The third kappa shape index (κ3) is 2.65. The topological polar surface area (TPSA) is 17.1 Å². The molecule has 0 radical (unpaired) electrons. The number of carbonyl (C=O) groups is 1. The predicted octanol–water partition coefficient (Wildman–Crippen LogP) is 4.63. The van der Waals surface area contributed by atoms with Gasteiger partial charge in [0.1, 0.15) is 0 Å². The zero-order chi connectivity index (χ0) is 14.6. The summed E-state index contributed by atoms with van der Waals surface area (Å²) in [5, 5.41) is 0. The van der Waals surface area contributed by atoms with E-state index >= 15 is 0 Å². The Morgan fingerprint density at radius 3 is 2.16 bits per heavy atom. The van der Waals surface area contributed by atoms with Crippen LogP contribution in [0.2, 0.25) is 0 Å². The van der Waals surface area contributed by atoms with Crippen molar-refractivity contribution < 1.29 is 4.79 Å². The summed E-state index contributed by atoms with van der Waals surface area (Å²) < 4.78 is 0. The van der Waals surface area contributed by atoms with E-state index in [-0.39, 0.29) is 5.78 Å². The summed E-state index contributed by atoms with van der Waals surface area (Å²) in [5.41, 5.74) is 4.37. The Labute approximate surface area is 115 Å². The molecular formula is C18H20O. The van der Waals surface area contributed by atoms with Gasteiger partial charge in [-0.1, -0.05) is 57.5 Å². The fourth-order valence-electron chi connectivity index (χ4n) is 2.16. The van der Waals surface area contributed by atoms with Gasteiger partial charge in [0.25, 0.3) is 0 Å². The molecule has 0 aromatic carbocycles. The predicted molar refractivity (Wildman–Crippen MR) is 82.8 cm³/mol. The van der Waals surface area contributed by atoms with Gasteiger partial charge in [-0.25, -0.2) is 0 Å². The summed E-state index contributed by atoms with van der Waals surface area (Å²) in [4.78, 5) is 12.5. The molecule has 0 amide bonds. The lowest BCUT2D eigenvalue weighted by Gasteiger charge is -2.23. The third-order valence-electron chi connectivity index (χ3n) is 3.03. The van der Waals surface area contributed by atoms with Gasteiger partial charge in [-0.15, -0.1) is 0 Å². The summed E-state index contributed by atoms with van der Waals surface area (Å²) in [7, 11) is 0. The highest BCUT2D eigenvalue weighted by Crippen LogP contribution is 2.36. The Kier molecular flexibility index (Phi) is 4.82. The van der Waals surface area contributed by atoms with Crippen molar-refractivity contribution in [1.29, 1.82) is 0 Å². The highest BCUT2D eigenvalue weighted by Gasteiger charge is 2.26. The normalized spacial score (nSPS) is 16.3. The molecule has 1 rings (SSSR count). The van der Waals surface area contributed by atoms with Crippen molar-refractivity contribution in [3.8, 4) is 0 Å². The van der Waals surface area contributed by atoms with Crippen LogP contribution in [0.4, 0.5) is 0 Å². The van der Waals surface area contributed by atoms with Crippen LogP contribution in [-0.4, -0.2) is 5.78 Å². The van der Waals surface area contributed by atoms with E-state index in [9.17, 15) is 4.79 Å². The number of hydrogen-bond acceptors (Lipinski definition) is 1. The Hall–Kier alpha value is -2.15. The van der Waals surface area contributed by atoms with Crippen molar-refractivity contribution >= 4 is 5.78 Å². The fraction of sp³-hybridized carbons (Fsp3) is 0.167. The van der Waals surface area contributed by atoms with Crippen LogP contribution in [0.1, 0.15) is 20.3 Å². The Balaban J connectivity index is 3.58. The Morgan fingerprint density at radius 2 is 1.74 bits per heavy atom. The van der Waals surface area contributed by atoms with E-state index in [0.29, 0.717) is 11.1 Å². The SMILES string of the molecule is C=CC1=C(C=C)C(=O)C(/C=C\CC)=C(C(=C)C)C1=C. The number of ketones is 1. The second-order valence-electron chi connectivity index (χ2n) is 4.42. The molecule has 0 fully saturated rings. The Morgan fingerprint density at radius 1 is 1.16 bits per heavy atom. The molecule has 0 N–H and O–H groups in total. The molecule has 19 heavy (non-hydrogen) atoms. The maximum absolute atomic E-state index is 12.5. The van der Waals surface area contributed by atoms with Crippen molar-refractivity contribution in [2.24, 2.45) is 0 Å². The molecule has 1 nitrogen and oxygen atoms in total. The smallest absolute Gasteiger partial charge is 0.194 e. The maximum Gasteiger partial charge on any atom is 0.194 e. The Bertz CT molecular complexity index is 562. The number of Topliss-reactive ketones (excluding diaryl/α,β-unsaturated/α-hetero) is 1. The molecule has 0 unspecified atom stereocenters. The van der Waals surface area contributed by atoms with Crippen LogP contribution in [0.15, 0.2) is 84.1 Å². The van der Waals surface area contributed by atoms with Gasteiger partial charge < -0.3 is 0 Å². The molecule has 0 saturated carbocycles. The van der Waals surface area contributed by atoms with Crippen molar-refractivity contribution in [2.75, 3.05) is 0 Å². The zero-order valence-corrected chi connectivity index (χ0v) is 11.8. The van der Waals surface area contributed by atoms with Gasteiger partial charge in [-0.05, 0) is 35.6 Å². The van der Waals surface area contributed by atoms with E-state index in [1.807, 2.05) is 26.0 Å². The summed E-state index contributed by atoms with van der Waals surface area (Å²) in [5.74, 6) is -0.0417. The van der Waals surface area contributed by atoms with E-state index in [1.54, 1.807) is 12.2 Å². The van der Waals surface area contributed by atoms with Gasteiger partial charge in [0.15, 0.2) is 5.78 Å². The minimum absolute atomic E-state index is 0.0417. The molecule has 0 bridgehead atoms. The second-order valence-corrected chi connectivity index (χ2v) is 4.42. The van der Waals surface area contributed by atoms with Gasteiger partial charge in [-0.2, -0.15) is 0 Å². The van der Waals surface area contributed by atoms with Crippen LogP contribution in [0.5, 0.6) is 0 Å². The molecule has 98 valence electrons. The number of carbonyl (C=O) groups excluding carboxylic acids is 1. The first-order valence-electron chi connectivity index (χ1n) is 6.29. The molecule has 1 aliphatic carbocycles. The van der Waals surface area contributed by atoms with E-state index in [2.05, 4.69) is 26.3 Å². The van der Waals surface area contributed by atoms with Crippen molar-refractivity contribution in [3.05, 3.63) is 84.1 Å². The summed E-state index contributed by atoms with van der Waals surface area (Å²) in [6.45, 7) is 19.4. The molecule has 1 aliphatic rings. The van der Waals surface area contributed by atoms with Crippen molar-refractivity contribution in [1.82, 2.24) is 0 Å². The molecule has 1 heteroatoms. The van der Waals surface area contributed by atoms with Gasteiger partial charge >= 0.3 is 0 Å². The van der Waals surface area contributed by atoms with Gasteiger partial charge in [0, 0.05) is 11.1 Å². The molecule has 0 atom stereocenters. The standard InChI is InChI=1S/C18H20O/c1-7-10-11-16-17(12(4)5)13(6)14(8-2)15(9-3)18(16)19/h8-11H,2-4,6-7H2,1,5H3/b11-10-. The van der Waals surface area contributed by atoms with E-state index in [0.717, 1.165) is 28.7 Å². The highest BCUT2D eigenvalue weighted by atomic mass is 16.1. The minimum atomic E-state index is -0.0417. The van der Waals surface area contributed by atoms with Crippen LogP contribution in [0.25, 0.3) is 0 Å². The first-order valence-corrected chi connectivity index (χ1v) is 6.29. The molecular weight excluding hydrogens is 232 g/mol. The first kappa shape index (κ1) is 14.9. The minimum Gasteiger partial charge on any atom is -0.289 e. The first-order chi connectivity index (χ1) is 8.99. The van der Waals surface area contributed by atoms with Crippen LogP contribution >= 0.6 is 0 Å². The summed E-state index contributed by atoms with van der Waals surface area (Å²) in [6.07, 6.45) is 7.90. The molecule has 0 aromatic rings. The lowest BCUT2D eigenvalue weighted by Crippen LogP contribution is -2.16. The lowest BCUT2D eigenvalue weighted by molar-refractivity contribution is -0.111. The van der Waals surface area contributed by atoms with E-state index in [4.69, 9.17) is 0 Å². The molecule has 0 aliphatic heterocycles. The number of allylic oxidation sites excluding steroid dienone is 10. The van der Waals surface area contributed by atoms with Gasteiger partial charge in [0.05, 0.1) is 0 Å². The molecule has 0 heterocycles. The molecule has 0 saturated heterocycles. The second kappa shape index (κ2) is 6.14. The van der Waals surface area contributed by atoms with Crippen LogP contribution in [0, 0.1) is 0 Å². The molecule has 0 aromatic heterocycles. The highest BCUT2D eigenvalue weighted by molar-refractivity contribution is 6.16. The lowest BCUT2D eigenvalue weighted by atomic mass is 9.79. The van der Waals surface area contributed by atoms with E-state index in [1.165, 1.54) is 0 Å². The fourth-order valence-corrected chi connectivity index (χ4v) is 2.16. The monoisotopic (exact) mass is 252 g/mol. The van der Waals surface area contributed by atoms with Crippen LogP contribution in [-0.2, 0) is 4.79 Å². The number of hydrogen-bond donors (Lipinski definition) is 0. The quantitative estimate of drug-likeness (QED) is 0.697. The zero-order valence-electron chi connectivity index (χ0n) is 11.8. The van der Waals surface area contributed by atoms with Gasteiger partial charge in [0.2, 0.25) is 0 Å². The summed E-state index contributed by atoms with van der Waals surface area (Å²) in [6, 6.07) is 0. The third-order valence-corrected chi connectivity index (χ3v) is 3.03. The average molecular weight is 252 g/mol. The average Bonchev–Trinajstić information content (AvgIpc) is 2.37. The molecule has 0 spiro atoms. The maximum atomic E-state index is 12.5. The van der Waals surface area contributed by atoms with Crippen molar-refractivity contribution in [3.63, 3.8) is 0 Å². The van der Waals surface area contributed by atoms with Gasteiger partial charge in [-0.3, -0.25) is 4.79 Å².